The van der Waals surface area contributed by atoms with Crippen molar-refractivity contribution in [1.29, 1.82) is 0 Å². The van der Waals surface area contributed by atoms with Crippen molar-refractivity contribution in [3.05, 3.63) is 35.9 Å². The number of rotatable bonds is 5. The van der Waals surface area contributed by atoms with Crippen LogP contribution in [-0.2, 0) is 5.54 Å². The minimum absolute atomic E-state index is 0.115. The molecule has 1 aromatic rings. The van der Waals surface area contributed by atoms with Crippen LogP contribution >= 0.6 is 0 Å². The van der Waals surface area contributed by atoms with Gasteiger partial charge in [0.25, 0.3) is 0 Å². The summed E-state index contributed by atoms with van der Waals surface area (Å²) in [5.74, 6) is 0. The van der Waals surface area contributed by atoms with Crippen LogP contribution in [0.1, 0.15) is 5.56 Å². The Bertz CT molecular complexity index is 358. The number of nitrogens with two attached hydrogens (primary N) is 1. The van der Waals surface area contributed by atoms with Gasteiger partial charge in [-0.2, -0.15) is 0 Å². The largest absolute Gasteiger partial charge is 0.322 e. The summed E-state index contributed by atoms with van der Waals surface area (Å²) in [6.07, 6.45) is 0. The molecule has 3 heteroatoms. The molecule has 1 nitrogen and oxygen atoms in total. The van der Waals surface area contributed by atoms with Gasteiger partial charge in [0.2, 0.25) is 0 Å². The molecule has 0 atom stereocenters. The molecule has 0 saturated carbocycles. The molecule has 0 unspecified atom stereocenters. The van der Waals surface area contributed by atoms with Crippen molar-refractivity contribution in [2.45, 2.75) is 56.9 Å². The Morgan fingerprint density at radius 3 is 1.56 bits per heavy atom. The lowest BCUT2D eigenvalue weighted by Gasteiger charge is -2.39. The summed E-state index contributed by atoms with van der Waals surface area (Å²) in [6, 6.07) is 13.1. The fourth-order valence-corrected chi connectivity index (χ4v) is 7.62. The van der Waals surface area contributed by atoms with Crippen molar-refractivity contribution in [3.63, 3.8) is 0 Å². The summed E-state index contributed by atoms with van der Waals surface area (Å²) in [5.41, 5.74) is 8.07. The average Bonchev–Trinajstić information content (AvgIpc) is 2.13. The van der Waals surface area contributed by atoms with E-state index in [-0.39, 0.29) is 5.54 Å². The second-order valence-corrected chi connectivity index (χ2v) is 18.9. The van der Waals surface area contributed by atoms with Crippen LogP contribution in [0.5, 0.6) is 0 Å². The van der Waals surface area contributed by atoms with Crippen molar-refractivity contribution >= 4 is 16.1 Å². The Morgan fingerprint density at radius 2 is 1.22 bits per heavy atom. The Kier molecular flexibility index (Phi) is 4.62. The maximum absolute atomic E-state index is 6.86. The number of hydrogen-bond acceptors (Lipinski definition) is 1. The van der Waals surface area contributed by atoms with Crippen molar-refractivity contribution in [1.82, 2.24) is 0 Å². The van der Waals surface area contributed by atoms with Crippen LogP contribution < -0.4 is 5.73 Å². The molecule has 0 aliphatic heterocycles. The summed E-state index contributed by atoms with van der Waals surface area (Å²) in [7, 11) is -2.36. The molecule has 1 aromatic carbocycles. The molecule has 2 N–H and O–H groups in total. The van der Waals surface area contributed by atoms with E-state index < -0.39 is 16.1 Å². The zero-order valence-electron chi connectivity index (χ0n) is 12.9. The average molecular weight is 280 g/mol. The fraction of sp³-hybridized carbons (Fsp3) is 0.600. The molecule has 0 heterocycles. The Morgan fingerprint density at radius 1 is 0.833 bits per heavy atom. The van der Waals surface area contributed by atoms with Crippen LogP contribution in [0.2, 0.25) is 51.4 Å². The van der Waals surface area contributed by atoms with E-state index in [1.165, 1.54) is 17.7 Å². The van der Waals surface area contributed by atoms with Crippen LogP contribution in [0, 0.1) is 0 Å². The van der Waals surface area contributed by atoms with Gasteiger partial charge in [-0.15, -0.1) is 0 Å². The molecule has 0 amide bonds. The minimum Gasteiger partial charge on any atom is -0.322 e. The van der Waals surface area contributed by atoms with Crippen LogP contribution in [0.4, 0.5) is 0 Å². The third-order valence-corrected chi connectivity index (χ3v) is 6.42. The molecule has 0 fully saturated rings. The Balaban J connectivity index is 3.09. The molecule has 0 radical (unpaired) electrons. The van der Waals surface area contributed by atoms with Crippen LogP contribution in [0.25, 0.3) is 0 Å². The van der Waals surface area contributed by atoms with Gasteiger partial charge in [-0.05, 0) is 17.7 Å². The normalized spacial score (nSPS) is 13.7. The van der Waals surface area contributed by atoms with Gasteiger partial charge in [0, 0.05) is 21.7 Å². The van der Waals surface area contributed by atoms with Crippen molar-refractivity contribution in [2.24, 2.45) is 5.73 Å². The van der Waals surface area contributed by atoms with E-state index in [1.54, 1.807) is 0 Å². The van der Waals surface area contributed by atoms with E-state index in [1.807, 2.05) is 0 Å². The predicted molar refractivity (Wildman–Crippen MR) is 88.6 cm³/mol. The van der Waals surface area contributed by atoms with Crippen molar-refractivity contribution in [2.75, 3.05) is 0 Å². The zero-order valence-corrected chi connectivity index (χ0v) is 14.9. The zero-order chi connectivity index (χ0) is 14.0. The number of benzene rings is 1. The third kappa shape index (κ3) is 5.08. The lowest BCUT2D eigenvalue weighted by atomic mass is 9.95. The van der Waals surface area contributed by atoms with E-state index in [4.69, 9.17) is 5.73 Å². The first-order valence-corrected chi connectivity index (χ1v) is 14.3. The van der Waals surface area contributed by atoms with Gasteiger partial charge in [-0.25, -0.2) is 0 Å². The van der Waals surface area contributed by atoms with Crippen molar-refractivity contribution < 1.29 is 0 Å². The van der Waals surface area contributed by atoms with Gasteiger partial charge in [-0.3, -0.25) is 0 Å². The molecule has 1 rings (SSSR count). The highest BCUT2D eigenvalue weighted by Gasteiger charge is 2.37. The van der Waals surface area contributed by atoms with Gasteiger partial charge >= 0.3 is 0 Å². The Labute approximate surface area is 115 Å². The molecule has 102 valence electrons. The van der Waals surface area contributed by atoms with Crippen LogP contribution in [0.3, 0.4) is 0 Å². The first kappa shape index (κ1) is 15.7. The first-order chi connectivity index (χ1) is 8.02. The third-order valence-electron chi connectivity index (χ3n) is 3.04. The molecule has 0 aromatic heterocycles. The summed E-state index contributed by atoms with van der Waals surface area (Å²) in [6.45, 7) is 14.5. The van der Waals surface area contributed by atoms with E-state index in [0.717, 1.165) is 0 Å². The number of hydrogen-bond donors (Lipinski definition) is 1. The minimum atomic E-state index is -1.18. The van der Waals surface area contributed by atoms with Gasteiger partial charge in [-0.1, -0.05) is 69.6 Å². The molecular formula is C15H29NSi2. The molecule has 0 saturated heterocycles. The summed E-state index contributed by atoms with van der Waals surface area (Å²) in [5, 5.41) is 0. The lowest BCUT2D eigenvalue weighted by Crippen LogP contribution is -2.47. The van der Waals surface area contributed by atoms with Crippen molar-refractivity contribution in [3.8, 4) is 0 Å². The molecular weight excluding hydrogens is 250 g/mol. The highest BCUT2D eigenvalue weighted by atomic mass is 28.3. The molecule has 0 bridgehead atoms. The topological polar surface area (TPSA) is 26.0 Å². The van der Waals surface area contributed by atoms with E-state index in [0.29, 0.717) is 0 Å². The molecule has 18 heavy (non-hydrogen) atoms. The molecule has 0 aliphatic carbocycles. The Hall–Kier alpha value is -0.386. The van der Waals surface area contributed by atoms with Crippen LogP contribution in [0.15, 0.2) is 30.3 Å². The van der Waals surface area contributed by atoms with Gasteiger partial charge in [0.15, 0.2) is 0 Å². The van der Waals surface area contributed by atoms with E-state index in [9.17, 15) is 0 Å². The van der Waals surface area contributed by atoms with Crippen LogP contribution in [-0.4, -0.2) is 16.1 Å². The highest BCUT2D eigenvalue weighted by molar-refractivity contribution is 6.78. The monoisotopic (exact) mass is 279 g/mol. The van der Waals surface area contributed by atoms with E-state index >= 15 is 0 Å². The van der Waals surface area contributed by atoms with Gasteiger partial charge in [0.1, 0.15) is 0 Å². The predicted octanol–water partition coefficient (Wildman–Crippen LogP) is 4.52. The molecule has 0 spiro atoms. The van der Waals surface area contributed by atoms with Gasteiger partial charge in [0.05, 0.1) is 0 Å². The highest BCUT2D eigenvalue weighted by Crippen LogP contribution is 2.36. The summed E-state index contributed by atoms with van der Waals surface area (Å²) in [4.78, 5) is 0. The quantitative estimate of drug-likeness (QED) is 0.788. The SMILES string of the molecule is C[Si](C)(C)CC(N)(C[Si](C)(C)C)c1ccccc1. The van der Waals surface area contributed by atoms with E-state index in [2.05, 4.69) is 69.6 Å². The summed E-state index contributed by atoms with van der Waals surface area (Å²) < 4.78 is 0. The second kappa shape index (κ2) is 5.31. The standard InChI is InChI=1S/C15H29NSi2/c1-17(2,3)12-15(16,13-18(4,5)6)14-10-8-7-9-11-14/h7-11H,12-13,16H2,1-6H3. The first-order valence-electron chi connectivity index (χ1n) is 6.86. The maximum atomic E-state index is 6.86. The smallest absolute Gasteiger partial charge is 0.0464 e. The summed E-state index contributed by atoms with van der Waals surface area (Å²) >= 11 is 0. The molecule has 0 aliphatic rings. The maximum Gasteiger partial charge on any atom is 0.0464 e. The fourth-order valence-electron chi connectivity index (χ4n) is 2.93. The second-order valence-electron chi connectivity index (χ2n) is 8.00. The van der Waals surface area contributed by atoms with Gasteiger partial charge < -0.3 is 5.73 Å². The lowest BCUT2D eigenvalue weighted by molar-refractivity contribution is 0.536.